The van der Waals surface area contributed by atoms with Crippen molar-refractivity contribution in [1.29, 1.82) is 0 Å². The first kappa shape index (κ1) is 21.3. The van der Waals surface area contributed by atoms with Crippen LogP contribution in [-0.2, 0) is 11.2 Å². The molecular formula is C21H24F2N2O3. The highest BCUT2D eigenvalue weighted by molar-refractivity contribution is 5.98. The lowest BCUT2D eigenvalue weighted by molar-refractivity contribution is -0.123. The van der Waals surface area contributed by atoms with Gasteiger partial charge in [0.2, 0.25) is 5.91 Å². The molecule has 0 atom stereocenters. The molecular weight excluding hydrogens is 366 g/mol. The number of carbonyl (C=O) groups is 2. The van der Waals surface area contributed by atoms with Crippen molar-refractivity contribution in [3.8, 4) is 5.75 Å². The number of hydrogen-bond acceptors (Lipinski definition) is 3. The van der Waals surface area contributed by atoms with E-state index < -0.39 is 12.0 Å². The van der Waals surface area contributed by atoms with Gasteiger partial charge < -0.3 is 15.4 Å². The molecule has 2 N–H and O–H groups in total. The summed E-state index contributed by atoms with van der Waals surface area (Å²) in [6.07, 6.45) is 0.543. The van der Waals surface area contributed by atoms with Crippen molar-refractivity contribution < 1.29 is 23.1 Å². The smallest absolute Gasteiger partial charge is 0.387 e. The average molecular weight is 390 g/mol. The normalized spacial score (nSPS) is 11.2. The van der Waals surface area contributed by atoms with Crippen LogP contribution in [0, 0.1) is 5.41 Å². The van der Waals surface area contributed by atoms with Crippen LogP contribution < -0.4 is 15.4 Å². The summed E-state index contributed by atoms with van der Waals surface area (Å²) >= 11 is 0. The van der Waals surface area contributed by atoms with E-state index in [0.29, 0.717) is 24.2 Å². The van der Waals surface area contributed by atoms with Crippen molar-refractivity contribution in [3.63, 3.8) is 0 Å². The summed E-state index contributed by atoms with van der Waals surface area (Å²) in [4.78, 5) is 24.4. The van der Waals surface area contributed by atoms with Crippen LogP contribution in [0.4, 0.5) is 14.5 Å². The van der Waals surface area contributed by atoms with Crippen molar-refractivity contribution in [2.24, 2.45) is 5.41 Å². The van der Waals surface area contributed by atoms with E-state index in [4.69, 9.17) is 0 Å². The topological polar surface area (TPSA) is 67.4 Å². The fourth-order valence-electron chi connectivity index (χ4n) is 2.32. The summed E-state index contributed by atoms with van der Waals surface area (Å²) in [5, 5.41) is 5.60. The third kappa shape index (κ3) is 6.64. The van der Waals surface area contributed by atoms with Gasteiger partial charge in [0.25, 0.3) is 5.91 Å². The van der Waals surface area contributed by atoms with E-state index in [9.17, 15) is 18.4 Å². The zero-order chi connectivity index (χ0) is 20.7. The Morgan fingerprint density at radius 3 is 2.36 bits per heavy atom. The van der Waals surface area contributed by atoms with E-state index >= 15 is 0 Å². The maximum Gasteiger partial charge on any atom is 0.387 e. The molecule has 5 nitrogen and oxygen atoms in total. The summed E-state index contributed by atoms with van der Waals surface area (Å²) in [5.74, 6) is -0.300. The summed E-state index contributed by atoms with van der Waals surface area (Å²) in [6, 6.07) is 13.0. The van der Waals surface area contributed by atoms with Crippen molar-refractivity contribution in [3.05, 3.63) is 59.7 Å². The largest absolute Gasteiger partial charge is 0.435 e. The van der Waals surface area contributed by atoms with Crippen molar-refractivity contribution in [2.45, 2.75) is 33.8 Å². The predicted molar refractivity (Wildman–Crippen MR) is 104 cm³/mol. The Bertz CT molecular complexity index is 815. The fourth-order valence-corrected chi connectivity index (χ4v) is 2.32. The first-order chi connectivity index (χ1) is 13.1. The molecule has 0 heterocycles. The van der Waals surface area contributed by atoms with Crippen LogP contribution in [0.3, 0.4) is 0 Å². The van der Waals surface area contributed by atoms with Crippen molar-refractivity contribution in [1.82, 2.24) is 5.32 Å². The SMILES string of the molecule is CC(C)(C)C(=O)Nc1cccc(C(=O)NCCc2ccc(OC(F)F)cc2)c1. The molecule has 2 amide bonds. The Kier molecular flexibility index (Phi) is 7.09. The van der Waals surface area contributed by atoms with Gasteiger partial charge in [-0.25, -0.2) is 0 Å². The molecule has 2 rings (SSSR count). The van der Waals surface area contributed by atoms with E-state index in [0.717, 1.165) is 5.56 Å². The van der Waals surface area contributed by atoms with Gasteiger partial charge in [0.05, 0.1) is 0 Å². The molecule has 28 heavy (non-hydrogen) atoms. The number of rotatable bonds is 7. The molecule has 2 aromatic carbocycles. The molecule has 0 spiro atoms. The van der Waals surface area contributed by atoms with E-state index in [1.54, 1.807) is 36.4 Å². The van der Waals surface area contributed by atoms with E-state index in [1.165, 1.54) is 12.1 Å². The van der Waals surface area contributed by atoms with E-state index in [1.807, 2.05) is 20.8 Å². The van der Waals surface area contributed by atoms with Gasteiger partial charge in [0.15, 0.2) is 0 Å². The number of anilines is 1. The summed E-state index contributed by atoms with van der Waals surface area (Å²) in [5.41, 5.74) is 1.34. The van der Waals surface area contributed by atoms with Crippen LogP contribution in [0.25, 0.3) is 0 Å². The second kappa shape index (κ2) is 9.30. The zero-order valence-corrected chi connectivity index (χ0v) is 16.1. The van der Waals surface area contributed by atoms with Crippen LogP contribution in [0.15, 0.2) is 48.5 Å². The van der Waals surface area contributed by atoms with Crippen LogP contribution in [0.5, 0.6) is 5.75 Å². The molecule has 150 valence electrons. The van der Waals surface area contributed by atoms with E-state index in [-0.39, 0.29) is 17.6 Å². The Morgan fingerprint density at radius 2 is 1.75 bits per heavy atom. The minimum absolute atomic E-state index is 0.0944. The van der Waals surface area contributed by atoms with Gasteiger partial charge in [0, 0.05) is 23.2 Å². The molecule has 0 aliphatic heterocycles. The summed E-state index contributed by atoms with van der Waals surface area (Å²) in [6.45, 7) is 2.96. The predicted octanol–water partition coefficient (Wildman–Crippen LogP) is 4.25. The number of carbonyl (C=O) groups excluding carboxylic acids is 2. The van der Waals surface area contributed by atoms with E-state index in [2.05, 4.69) is 15.4 Å². The number of ether oxygens (including phenoxy) is 1. The van der Waals surface area contributed by atoms with Gasteiger partial charge in [-0.3, -0.25) is 9.59 Å². The summed E-state index contributed by atoms with van der Waals surface area (Å²) < 4.78 is 28.6. The molecule has 2 aromatic rings. The Morgan fingerprint density at radius 1 is 1.07 bits per heavy atom. The third-order valence-corrected chi connectivity index (χ3v) is 3.91. The zero-order valence-electron chi connectivity index (χ0n) is 16.1. The molecule has 7 heteroatoms. The highest BCUT2D eigenvalue weighted by Gasteiger charge is 2.21. The van der Waals surface area contributed by atoms with Crippen LogP contribution in [0.1, 0.15) is 36.7 Å². The first-order valence-electron chi connectivity index (χ1n) is 8.88. The summed E-state index contributed by atoms with van der Waals surface area (Å²) in [7, 11) is 0. The van der Waals surface area contributed by atoms with Gasteiger partial charge in [-0.05, 0) is 42.3 Å². The minimum Gasteiger partial charge on any atom is -0.435 e. The van der Waals surface area contributed by atoms with Gasteiger partial charge in [-0.2, -0.15) is 8.78 Å². The lowest BCUT2D eigenvalue weighted by atomic mass is 9.95. The third-order valence-electron chi connectivity index (χ3n) is 3.91. The number of alkyl halides is 2. The minimum atomic E-state index is -2.85. The van der Waals surface area contributed by atoms with Gasteiger partial charge >= 0.3 is 6.61 Å². The van der Waals surface area contributed by atoms with Crippen LogP contribution >= 0.6 is 0 Å². The highest BCUT2D eigenvalue weighted by Crippen LogP contribution is 2.18. The number of hydrogen-bond donors (Lipinski definition) is 2. The number of halogens is 2. The maximum absolute atomic E-state index is 12.3. The Hall–Kier alpha value is -2.96. The number of amides is 2. The molecule has 0 bridgehead atoms. The van der Waals surface area contributed by atoms with Crippen molar-refractivity contribution >= 4 is 17.5 Å². The maximum atomic E-state index is 12.3. The van der Waals surface area contributed by atoms with Crippen LogP contribution in [0.2, 0.25) is 0 Å². The van der Waals surface area contributed by atoms with Gasteiger partial charge in [-0.15, -0.1) is 0 Å². The molecule has 0 unspecified atom stereocenters. The molecule has 0 saturated carbocycles. The molecule has 0 aliphatic carbocycles. The lowest BCUT2D eigenvalue weighted by Crippen LogP contribution is -2.28. The fraction of sp³-hybridized carbons (Fsp3) is 0.333. The Balaban J connectivity index is 1.88. The second-order valence-electron chi connectivity index (χ2n) is 7.31. The number of nitrogens with one attached hydrogen (secondary N) is 2. The monoisotopic (exact) mass is 390 g/mol. The first-order valence-corrected chi connectivity index (χ1v) is 8.88. The highest BCUT2D eigenvalue weighted by atomic mass is 19.3. The second-order valence-corrected chi connectivity index (χ2v) is 7.31. The molecule has 0 aromatic heterocycles. The Labute approximate surface area is 163 Å². The van der Waals surface area contributed by atoms with Gasteiger partial charge in [-0.1, -0.05) is 39.0 Å². The standard InChI is InChI=1S/C21H24F2N2O3/c1-21(2,3)19(27)25-16-6-4-5-15(13-16)18(26)24-12-11-14-7-9-17(10-8-14)28-20(22)23/h4-10,13,20H,11-12H2,1-3H3,(H,24,26)(H,25,27). The molecule has 0 aliphatic rings. The molecule has 0 saturated heterocycles. The number of benzene rings is 2. The molecule has 0 radical (unpaired) electrons. The quantitative estimate of drug-likeness (QED) is 0.743. The average Bonchev–Trinajstić information content (AvgIpc) is 2.62. The van der Waals surface area contributed by atoms with Crippen molar-refractivity contribution in [2.75, 3.05) is 11.9 Å². The lowest BCUT2D eigenvalue weighted by Gasteiger charge is -2.18. The molecule has 0 fully saturated rings. The van der Waals surface area contributed by atoms with Crippen LogP contribution in [-0.4, -0.2) is 25.0 Å². The van der Waals surface area contributed by atoms with Gasteiger partial charge in [0.1, 0.15) is 5.75 Å².